The molecule has 0 unspecified atom stereocenters. The van der Waals surface area contributed by atoms with Gasteiger partial charge in [-0.15, -0.1) is 0 Å². The molecule has 0 aliphatic carbocycles. The largest absolute Gasteiger partial charge is 0.372 e. The SMILES string of the molecule is CN(C[C@@H]1C[C@H](F)CN1Cc1nccn1C)c1ccncc1C#N. The van der Waals surface area contributed by atoms with Crippen LogP contribution in [-0.4, -0.2) is 51.8 Å². The van der Waals surface area contributed by atoms with Gasteiger partial charge in [0.2, 0.25) is 0 Å². The van der Waals surface area contributed by atoms with Gasteiger partial charge in [0.15, 0.2) is 0 Å². The Balaban J connectivity index is 1.72. The second-order valence-electron chi connectivity index (χ2n) is 6.26. The molecule has 2 atom stereocenters. The molecule has 1 fully saturated rings. The number of anilines is 1. The summed E-state index contributed by atoms with van der Waals surface area (Å²) in [6.45, 7) is 1.71. The summed E-state index contributed by atoms with van der Waals surface area (Å²) in [5.41, 5.74) is 1.36. The number of alkyl halides is 1. The van der Waals surface area contributed by atoms with Crippen molar-refractivity contribution in [1.82, 2.24) is 19.4 Å². The van der Waals surface area contributed by atoms with Crippen LogP contribution < -0.4 is 4.90 Å². The number of halogens is 1. The van der Waals surface area contributed by atoms with E-state index in [1.807, 2.05) is 35.8 Å². The lowest BCUT2D eigenvalue weighted by Crippen LogP contribution is -2.39. The van der Waals surface area contributed by atoms with Crippen LogP contribution in [0, 0.1) is 11.3 Å². The molecular formula is C17H21FN6. The number of hydrogen-bond donors (Lipinski definition) is 0. The van der Waals surface area contributed by atoms with Gasteiger partial charge in [0.05, 0.1) is 17.8 Å². The second-order valence-corrected chi connectivity index (χ2v) is 6.26. The Labute approximate surface area is 141 Å². The number of nitrogens with zero attached hydrogens (tertiary/aromatic N) is 6. The number of aromatic nitrogens is 3. The summed E-state index contributed by atoms with van der Waals surface area (Å²) in [4.78, 5) is 12.5. The number of pyridine rings is 1. The number of rotatable bonds is 5. The number of imidazole rings is 1. The van der Waals surface area contributed by atoms with Crippen LogP contribution in [0.2, 0.25) is 0 Å². The first-order chi connectivity index (χ1) is 11.6. The Hall–Kier alpha value is -2.46. The minimum absolute atomic E-state index is 0.0846. The Morgan fingerprint density at radius 1 is 1.46 bits per heavy atom. The summed E-state index contributed by atoms with van der Waals surface area (Å²) in [5, 5.41) is 9.23. The minimum Gasteiger partial charge on any atom is -0.372 e. The molecule has 0 spiro atoms. The lowest BCUT2D eigenvalue weighted by Gasteiger charge is -2.29. The van der Waals surface area contributed by atoms with Crippen LogP contribution in [-0.2, 0) is 13.6 Å². The van der Waals surface area contributed by atoms with Gasteiger partial charge in [-0.3, -0.25) is 9.88 Å². The van der Waals surface area contributed by atoms with Crippen molar-refractivity contribution in [2.24, 2.45) is 7.05 Å². The van der Waals surface area contributed by atoms with Crippen LogP contribution in [0.4, 0.5) is 10.1 Å². The van der Waals surface area contributed by atoms with Gasteiger partial charge in [0.1, 0.15) is 18.1 Å². The third kappa shape index (κ3) is 3.39. The lowest BCUT2D eigenvalue weighted by molar-refractivity contribution is 0.230. The highest BCUT2D eigenvalue weighted by Gasteiger charge is 2.33. The molecule has 1 saturated heterocycles. The first kappa shape index (κ1) is 16.4. The monoisotopic (exact) mass is 328 g/mol. The summed E-state index contributed by atoms with van der Waals surface area (Å²) in [6, 6.07) is 4.07. The molecule has 0 radical (unpaired) electrons. The van der Waals surface area contributed by atoms with Gasteiger partial charge in [0, 0.05) is 58.0 Å². The molecule has 2 aromatic rings. The minimum atomic E-state index is -0.823. The molecule has 1 aliphatic rings. The average Bonchev–Trinajstić information content (AvgIpc) is 3.13. The molecule has 0 N–H and O–H groups in total. The van der Waals surface area contributed by atoms with Crippen molar-refractivity contribution in [3.63, 3.8) is 0 Å². The maximum Gasteiger partial charge on any atom is 0.122 e. The van der Waals surface area contributed by atoms with Crippen LogP contribution in [0.1, 0.15) is 17.8 Å². The maximum absolute atomic E-state index is 14.0. The molecule has 0 amide bonds. The molecular weight excluding hydrogens is 307 g/mol. The van der Waals surface area contributed by atoms with E-state index in [2.05, 4.69) is 20.9 Å². The average molecular weight is 328 g/mol. The molecule has 3 heterocycles. The Bertz CT molecular complexity index is 737. The van der Waals surface area contributed by atoms with Crippen LogP contribution in [0.25, 0.3) is 0 Å². The third-order valence-corrected chi connectivity index (χ3v) is 4.56. The van der Waals surface area contributed by atoms with Crippen LogP contribution in [0.3, 0.4) is 0 Å². The molecule has 2 aromatic heterocycles. The quantitative estimate of drug-likeness (QED) is 0.836. The molecule has 6 nitrogen and oxygen atoms in total. The normalized spacial score (nSPS) is 20.9. The second kappa shape index (κ2) is 6.97. The van der Waals surface area contributed by atoms with E-state index in [9.17, 15) is 9.65 Å². The fourth-order valence-electron chi connectivity index (χ4n) is 3.26. The number of aryl methyl sites for hydroxylation is 1. The van der Waals surface area contributed by atoms with Crippen molar-refractivity contribution in [2.45, 2.75) is 25.2 Å². The third-order valence-electron chi connectivity index (χ3n) is 4.56. The lowest BCUT2D eigenvalue weighted by atomic mass is 10.1. The van der Waals surface area contributed by atoms with Gasteiger partial charge >= 0.3 is 0 Å². The van der Waals surface area contributed by atoms with E-state index < -0.39 is 6.17 Å². The Morgan fingerprint density at radius 2 is 2.29 bits per heavy atom. The van der Waals surface area contributed by atoms with Gasteiger partial charge in [-0.1, -0.05) is 0 Å². The van der Waals surface area contributed by atoms with Crippen molar-refractivity contribution in [3.05, 3.63) is 42.2 Å². The van der Waals surface area contributed by atoms with E-state index in [1.165, 1.54) is 0 Å². The fourth-order valence-corrected chi connectivity index (χ4v) is 3.26. The number of hydrogen-bond acceptors (Lipinski definition) is 5. The smallest absolute Gasteiger partial charge is 0.122 e. The predicted molar refractivity (Wildman–Crippen MR) is 89.1 cm³/mol. The van der Waals surface area contributed by atoms with Gasteiger partial charge in [-0.25, -0.2) is 9.37 Å². The molecule has 126 valence electrons. The zero-order chi connectivity index (χ0) is 17.1. The summed E-state index contributed by atoms with van der Waals surface area (Å²) in [6.07, 6.45) is 6.57. The zero-order valence-corrected chi connectivity index (χ0v) is 13.9. The first-order valence-electron chi connectivity index (χ1n) is 7.98. The highest BCUT2D eigenvalue weighted by molar-refractivity contribution is 5.57. The van der Waals surface area contributed by atoms with Gasteiger partial charge < -0.3 is 9.47 Å². The molecule has 0 bridgehead atoms. The summed E-state index contributed by atoms with van der Waals surface area (Å²) in [7, 11) is 3.88. The predicted octanol–water partition coefficient (Wildman–Crippen LogP) is 1.74. The van der Waals surface area contributed by atoms with E-state index in [-0.39, 0.29) is 6.04 Å². The van der Waals surface area contributed by atoms with Crippen LogP contribution in [0.15, 0.2) is 30.9 Å². The Morgan fingerprint density at radius 3 is 3.00 bits per heavy atom. The van der Waals surface area contributed by atoms with Crippen molar-refractivity contribution in [3.8, 4) is 6.07 Å². The van der Waals surface area contributed by atoms with E-state index in [1.54, 1.807) is 18.6 Å². The van der Waals surface area contributed by atoms with Crippen molar-refractivity contribution in [2.75, 3.05) is 25.0 Å². The van der Waals surface area contributed by atoms with Gasteiger partial charge in [-0.05, 0) is 12.5 Å². The molecule has 1 aliphatic heterocycles. The highest BCUT2D eigenvalue weighted by atomic mass is 19.1. The Kier molecular flexibility index (Phi) is 4.76. The number of likely N-dealkylation sites (N-methyl/N-ethyl adjacent to an activating group) is 1. The molecule has 3 rings (SSSR count). The van der Waals surface area contributed by atoms with Crippen LogP contribution >= 0.6 is 0 Å². The number of likely N-dealkylation sites (tertiary alicyclic amines) is 1. The van der Waals surface area contributed by atoms with E-state index in [0.717, 1.165) is 11.5 Å². The van der Waals surface area contributed by atoms with Gasteiger partial charge in [0.25, 0.3) is 0 Å². The standard InChI is InChI=1S/C17H21FN6/c1-22-6-5-21-17(22)12-24-10-14(18)7-15(24)11-23(2)16-3-4-20-9-13(16)8-19/h3-6,9,14-15H,7,10-12H2,1-2H3/t14-,15-/m0/s1. The van der Waals surface area contributed by atoms with Crippen molar-refractivity contribution in [1.29, 1.82) is 5.26 Å². The van der Waals surface area contributed by atoms with E-state index in [0.29, 0.717) is 31.6 Å². The molecule has 0 aromatic carbocycles. The van der Waals surface area contributed by atoms with E-state index in [4.69, 9.17) is 0 Å². The maximum atomic E-state index is 14.0. The topological polar surface area (TPSA) is 61.0 Å². The fraction of sp³-hybridized carbons (Fsp3) is 0.471. The van der Waals surface area contributed by atoms with Gasteiger partial charge in [-0.2, -0.15) is 5.26 Å². The highest BCUT2D eigenvalue weighted by Crippen LogP contribution is 2.25. The summed E-state index contributed by atoms with van der Waals surface area (Å²) >= 11 is 0. The van der Waals surface area contributed by atoms with Crippen molar-refractivity contribution >= 4 is 5.69 Å². The molecule has 7 heteroatoms. The summed E-state index contributed by atoms with van der Waals surface area (Å²) < 4.78 is 16.0. The number of nitriles is 1. The molecule has 24 heavy (non-hydrogen) atoms. The summed E-state index contributed by atoms with van der Waals surface area (Å²) in [5.74, 6) is 0.929. The first-order valence-corrected chi connectivity index (χ1v) is 7.98. The van der Waals surface area contributed by atoms with Crippen LogP contribution in [0.5, 0.6) is 0 Å². The van der Waals surface area contributed by atoms with E-state index >= 15 is 0 Å². The molecule has 0 saturated carbocycles. The zero-order valence-electron chi connectivity index (χ0n) is 13.9. The van der Waals surface area contributed by atoms with Crippen molar-refractivity contribution < 1.29 is 4.39 Å².